The van der Waals surface area contributed by atoms with Gasteiger partial charge in [0, 0.05) is 13.6 Å². The smallest absolute Gasteiger partial charge is 0.239 e. The molecule has 1 heterocycles. The zero-order valence-electron chi connectivity index (χ0n) is 10.2. The summed E-state index contributed by atoms with van der Waals surface area (Å²) < 4.78 is 0. The number of carbonyl (C=O) groups is 1. The number of nitriles is 1. The monoisotopic (exact) mass is 223 g/mol. The van der Waals surface area contributed by atoms with Crippen molar-refractivity contribution in [3.8, 4) is 6.07 Å². The van der Waals surface area contributed by atoms with Gasteiger partial charge in [0.1, 0.15) is 0 Å². The van der Waals surface area contributed by atoms with Crippen molar-refractivity contribution in [2.75, 3.05) is 20.1 Å². The van der Waals surface area contributed by atoms with E-state index >= 15 is 0 Å². The molecule has 1 rings (SSSR count). The van der Waals surface area contributed by atoms with Crippen LogP contribution in [0.3, 0.4) is 0 Å². The molecule has 2 unspecified atom stereocenters. The van der Waals surface area contributed by atoms with E-state index in [0.717, 1.165) is 19.4 Å². The van der Waals surface area contributed by atoms with Crippen LogP contribution in [0.5, 0.6) is 0 Å². The fraction of sp³-hybridized carbons (Fsp3) is 0.833. The maximum absolute atomic E-state index is 12.0. The molecule has 0 aromatic carbocycles. The van der Waals surface area contributed by atoms with E-state index in [9.17, 15) is 4.79 Å². The Morgan fingerprint density at radius 3 is 3.00 bits per heavy atom. The molecule has 1 saturated heterocycles. The predicted octanol–water partition coefficient (Wildman–Crippen LogP) is 1.14. The van der Waals surface area contributed by atoms with Crippen LogP contribution in [0.15, 0.2) is 0 Å². The highest BCUT2D eigenvalue weighted by Gasteiger charge is 2.27. The van der Waals surface area contributed by atoms with Crippen molar-refractivity contribution in [1.82, 2.24) is 10.2 Å². The third-order valence-corrected chi connectivity index (χ3v) is 3.32. The lowest BCUT2D eigenvalue weighted by Crippen LogP contribution is -2.49. The SMILES string of the molecule is CCC1CCNC(C(=O)N(C)CCC#N)C1. The van der Waals surface area contributed by atoms with Crippen molar-refractivity contribution in [2.45, 2.75) is 38.6 Å². The Hall–Kier alpha value is -1.08. The van der Waals surface area contributed by atoms with Gasteiger partial charge in [-0.2, -0.15) is 5.26 Å². The first-order valence-corrected chi connectivity index (χ1v) is 6.04. The molecular formula is C12H21N3O. The fourth-order valence-corrected chi connectivity index (χ4v) is 2.15. The highest BCUT2D eigenvalue weighted by Crippen LogP contribution is 2.20. The summed E-state index contributed by atoms with van der Waals surface area (Å²) in [7, 11) is 1.77. The molecule has 0 spiro atoms. The molecule has 0 bridgehead atoms. The Morgan fingerprint density at radius 2 is 2.38 bits per heavy atom. The Kier molecular flexibility index (Phi) is 5.27. The number of nitrogens with zero attached hydrogens (tertiary/aromatic N) is 2. The minimum absolute atomic E-state index is 0.0395. The third kappa shape index (κ3) is 3.49. The lowest BCUT2D eigenvalue weighted by atomic mass is 9.90. The topological polar surface area (TPSA) is 56.1 Å². The van der Waals surface area contributed by atoms with Gasteiger partial charge in [0.2, 0.25) is 5.91 Å². The molecule has 1 N–H and O–H groups in total. The maximum Gasteiger partial charge on any atom is 0.239 e. The van der Waals surface area contributed by atoms with Gasteiger partial charge in [-0.15, -0.1) is 0 Å². The van der Waals surface area contributed by atoms with Crippen LogP contribution in [0, 0.1) is 17.2 Å². The third-order valence-electron chi connectivity index (χ3n) is 3.32. The molecule has 0 aromatic rings. The second-order valence-electron chi connectivity index (χ2n) is 4.47. The second-order valence-corrected chi connectivity index (χ2v) is 4.47. The number of hydrogen-bond donors (Lipinski definition) is 1. The maximum atomic E-state index is 12.0. The molecule has 4 nitrogen and oxygen atoms in total. The van der Waals surface area contributed by atoms with Crippen molar-refractivity contribution >= 4 is 5.91 Å². The minimum Gasteiger partial charge on any atom is -0.343 e. The predicted molar refractivity (Wildman–Crippen MR) is 62.7 cm³/mol. The number of amides is 1. The largest absolute Gasteiger partial charge is 0.343 e. The average Bonchev–Trinajstić information content (AvgIpc) is 2.35. The molecule has 0 radical (unpaired) electrons. The first kappa shape index (κ1) is 13.0. The zero-order valence-corrected chi connectivity index (χ0v) is 10.2. The first-order chi connectivity index (χ1) is 7.69. The highest BCUT2D eigenvalue weighted by molar-refractivity contribution is 5.81. The summed E-state index contributed by atoms with van der Waals surface area (Å²) in [6.45, 7) is 3.64. The Labute approximate surface area is 97.6 Å². The summed E-state index contributed by atoms with van der Waals surface area (Å²) in [5.74, 6) is 0.799. The van der Waals surface area contributed by atoms with Crippen molar-refractivity contribution in [3.05, 3.63) is 0 Å². The number of piperidine rings is 1. The highest BCUT2D eigenvalue weighted by atomic mass is 16.2. The van der Waals surface area contributed by atoms with Crippen LogP contribution in [0.4, 0.5) is 0 Å². The molecule has 0 aromatic heterocycles. The molecule has 1 aliphatic rings. The zero-order chi connectivity index (χ0) is 12.0. The van der Waals surface area contributed by atoms with Gasteiger partial charge in [0.25, 0.3) is 0 Å². The van der Waals surface area contributed by atoms with E-state index in [1.54, 1.807) is 11.9 Å². The number of nitrogens with one attached hydrogen (secondary N) is 1. The molecule has 0 aliphatic carbocycles. The molecule has 1 aliphatic heterocycles. The van der Waals surface area contributed by atoms with E-state index in [4.69, 9.17) is 5.26 Å². The number of likely N-dealkylation sites (N-methyl/N-ethyl adjacent to an activating group) is 1. The van der Waals surface area contributed by atoms with Gasteiger partial charge in [-0.1, -0.05) is 13.3 Å². The normalized spacial score (nSPS) is 24.8. The Balaban J connectivity index is 2.43. The minimum atomic E-state index is -0.0395. The van der Waals surface area contributed by atoms with Crippen LogP contribution in [0.25, 0.3) is 0 Å². The van der Waals surface area contributed by atoms with E-state index in [1.165, 1.54) is 6.42 Å². The van der Waals surface area contributed by atoms with Crippen molar-refractivity contribution in [3.63, 3.8) is 0 Å². The number of rotatable bonds is 4. The summed E-state index contributed by atoms with van der Waals surface area (Å²) in [5.41, 5.74) is 0. The quantitative estimate of drug-likeness (QED) is 0.777. The lowest BCUT2D eigenvalue weighted by molar-refractivity contribution is -0.133. The first-order valence-electron chi connectivity index (χ1n) is 6.04. The van der Waals surface area contributed by atoms with Crippen LogP contribution in [-0.4, -0.2) is 37.0 Å². The molecule has 1 fully saturated rings. The van der Waals surface area contributed by atoms with Crippen molar-refractivity contribution in [1.29, 1.82) is 5.26 Å². The molecule has 1 amide bonds. The molecule has 90 valence electrons. The Bertz CT molecular complexity index is 272. The summed E-state index contributed by atoms with van der Waals surface area (Å²) in [4.78, 5) is 13.7. The van der Waals surface area contributed by atoms with Gasteiger partial charge in [0.15, 0.2) is 0 Å². The van der Waals surface area contributed by atoms with Crippen LogP contribution in [0.2, 0.25) is 0 Å². The second kappa shape index (κ2) is 6.49. The Morgan fingerprint density at radius 1 is 1.62 bits per heavy atom. The van der Waals surface area contributed by atoms with Crippen LogP contribution >= 0.6 is 0 Å². The lowest BCUT2D eigenvalue weighted by Gasteiger charge is -2.31. The van der Waals surface area contributed by atoms with Gasteiger partial charge in [0.05, 0.1) is 18.5 Å². The summed E-state index contributed by atoms with van der Waals surface area (Å²) in [6, 6.07) is 2.02. The van der Waals surface area contributed by atoms with E-state index < -0.39 is 0 Å². The summed E-state index contributed by atoms with van der Waals surface area (Å²) in [5, 5.41) is 11.8. The average molecular weight is 223 g/mol. The fourth-order valence-electron chi connectivity index (χ4n) is 2.15. The number of hydrogen-bond acceptors (Lipinski definition) is 3. The molecule has 0 saturated carbocycles. The van der Waals surface area contributed by atoms with Crippen molar-refractivity contribution < 1.29 is 4.79 Å². The molecule has 2 atom stereocenters. The van der Waals surface area contributed by atoms with Crippen molar-refractivity contribution in [2.24, 2.45) is 5.92 Å². The summed E-state index contributed by atoms with van der Waals surface area (Å²) in [6.07, 6.45) is 3.66. The van der Waals surface area contributed by atoms with E-state index in [0.29, 0.717) is 18.9 Å². The molecular weight excluding hydrogens is 202 g/mol. The van der Waals surface area contributed by atoms with Crippen LogP contribution < -0.4 is 5.32 Å². The standard InChI is InChI=1S/C12H21N3O/c1-3-10-5-7-14-11(9-10)12(16)15(2)8-4-6-13/h10-11,14H,3-5,7-9H2,1-2H3. The molecule has 4 heteroatoms. The van der Waals surface area contributed by atoms with Gasteiger partial charge >= 0.3 is 0 Å². The van der Waals surface area contributed by atoms with Gasteiger partial charge in [-0.05, 0) is 25.3 Å². The van der Waals surface area contributed by atoms with Crippen LogP contribution in [0.1, 0.15) is 32.6 Å². The van der Waals surface area contributed by atoms with Gasteiger partial charge < -0.3 is 10.2 Å². The van der Waals surface area contributed by atoms with Gasteiger partial charge in [-0.25, -0.2) is 0 Å². The van der Waals surface area contributed by atoms with Crippen LogP contribution in [-0.2, 0) is 4.79 Å². The van der Waals surface area contributed by atoms with E-state index in [1.807, 2.05) is 0 Å². The van der Waals surface area contributed by atoms with E-state index in [2.05, 4.69) is 18.3 Å². The number of carbonyl (C=O) groups excluding carboxylic acids is 1. The van der Waals surface area contributed by atoms with E-state index in [-0.39, 0.29) is 11.9 Å². The molecule has 16 heavy (non-hydrogen) atoms. The summed E-state index contributed by atoms with van der Waals surface area (Å²) >= 11 is 0. The van der Waals surface area contributed by atoms with Gasteiger partial charge in [-0.3, -0.25) is 4.79 Å².